The second kappa shape index (κ2) is 7.61. The predicted octanol–water partition coefficient (Wildman–Crippen LogP) is 2.57. The monoisotopic (exact) mass is 308 g/mol. The lowest BCUT2D eigenvalue weighted by atomic mass is 10.2. The van der Waals surface area contributed by atoms with Gasteiger partial charge >= 0.3 is 0 Å². The van der Waals surface area contributed by atoms with Crippen LogP contribution < -0.4 is 16.0 Å². The Hall–Kier alpha value is -3.33. The summed E-state index contributed by atoms with van der Waals surface area (Å²) >= 11 is 0. The minimum atomic E-state index is -0.217. The van der Waals surface area contributed by atoms with Crippen LogP contribution in [0.2, 0.25) is 0 Å². The quantitative estimate of drug-likeness (QED) is 0.791. The number of anilines is 3. The Morgan fingerprint density at radius 2 is 1.70 bits per heavy atom. The van der Waals surface area contributed by atoms with Crippen molar-refractivity contribution in [2.75, 3.05) is 22.5 Å². The Kier molecular flexibility index (Phi) is 5.31. The molecule has 0 bridgehead atoms. The summed E-state index contributed by atoms with van der Waals surface area (Å²) in [6.45, 7) is 1.54. The summed E-state index contributed by atoms with van der Waals surface area (Å²) in [5.74, 6) is -0.351. The highest BCUT2D eigenvalue weighted by atomic mass is 16.2. The number of nitrogens with zero attached hydrogens (tertiary/aromatic N) is 1. The van der Waals surface area contributed by atoms with Crippen molar-refractivity contribution < 1.29 is 9.59 Å². The summed E-state index contributed by atoms with van der Waals surface area (Å²) in [4.78, 5) is 22.8. The van der Waals surface area contributed by atoms with Gasteiger partial charge in [0.25, 0.3) is 0 Å². The molecular formula is C17H16N4O2. The number of rotatable bonds is 5. The van der Waals surface area contributed by atoms with E-state index >= 15 is 0 Å². The molecule has 0 spiro atoms. The lowest BCUT2D eigenvalue weighted by Crippen LogP contribution is -2.21. The van der Waals surface area contributed by atoms with Crippen molar-refractivity contribution in [2.45, 2.75) is 6.92 Å². The Bertz CT molecular complexity index is 748. The number of nitrogens with one attached hydrogen (secondary N) is 3. The smallest absolute Gasteiger partial charge is 0.243 e. The second-order valence-corrected chi connectivity index (χ2v) is 4.85. The van der Waals surface area contributed by atoms with Gasteiger partial charge in [0.15, 0.2) is 0 Å². The zero-order chi connectivity index (χ0) is 16.7. The zero-order valence-corrected chi connectivity index (χ0v) is 12.6. The first-order chi connectivity index (χ1) is 11.1. The molecule has 0 aliphatic carbocycles. The highest BCUT2D eigenvalue weighted by Gasteiger charge is 2.03. The van der Waals surface area contributed by atoms with Crippen molar-refractivity contribution in [1.82, 2.24) is 0 Å². The third kappa shape index (κ3) is 5.17. The van der Waals surface area contributed by atoms with Gasteiger partial charge in [-0.15, -0.1) is 0 Å². The fourth-order valence-corrected chi connectivity index (χ4v) is 1.93. The highest BCUT2D eigenvalue weighted by Crippen LogP contribution is 2.13. The summed E-state index contributed by atoms with van der Waals surface area (Å²) < 4.78 is 0. The first-order valence-corrected chi connectivity index (χ1v) is 6.98. The Labute approximate surface area is 134 Å². The molecule has 0 aliphatic rings. The van der Waals surface area contributed by atoms with E-state index in [1.165, 1.54) is 6.92 Å². The molecule has 0 saturated heterocycles. The first-order valence-electron chi connectivity index (χ1n) is 6.98. The van der Waals surface area contributed by atoms with Gasteiger partial charge < -0.3 is 16.0 Å². The second-order valence-electron chi connectivity index (χ2n) is 4.85. The van der Waals surface area contributed by atoms with E-state index < -0.39 is 0 Å². The molecule has 2 rings (SSSR count). The van der Waals surface area contributed by atoms with Gasteiger partial charge in [-0.05, 0) is 42.5 Å². The molecule has 2 aromatic carbocycles. The van der Waals surface area contributed by atoms with E-state index in [1.54, 1.807) is 48.5 Å². The van der Waals surface area contributed by atoms with E-state index in [2.05, 4.69) is 16.0 Å². The average Bonchev–Trinajstić information content (AvgIpc) is 2.54. The number of amides is 2. The number of benzene rings is 2. The zero-order valence-electron chi connectivity index (χ0n) is 12.6. The van der Waals surface area contributed by atoms with Crippen LogP contribution in [0.25, 0.3) is 0 Å². The van der Waals surface area contributed by atoms with Crippen molar-refractivity contribution in [3.8, 4) is 6.07 Å². The van der Waals surface area contributed by atoms with E-state index in [4.69, 9.17) is 5.26 Å². The van der Waals surface area contributed by atoms with Crippen molar-refractivity contribution in [2.24, 2.45) is 0 Å². The van der Waals surface area contributed by atoms with Gasteiger partial charge in [0.2, 0.25) is 11.8 Å². The molecule has 0 aliphatic heterocycles. The minimum absolute atomic E-state index is 0.0935. The number of carbonyl (C=O) groups excluding carboxylic acids is 2. The molecule has 116 valence electrons. The molecule has 2 amide bonds. The van der Waals surface area contributed by atoms with Crippen LogP contribution in [0, 0.1) is 11.3 Å². The molecule has 0 fully saturated rings. The van der Waals surface area contributed by atoms with Crippen LogP contribution in [0.4, 0.5) is 17.1 Å². The fraction of sp³-hybridized carbons (Fsp3) is 0.118. The SMILES string of the molecule is CC(=O)Nc1ccc(NCC(=O)Nc2cccc(C#N)c2)cc1. The van der Waals surface area contributed by atoms with Gasteiger partial charge in [0.05, 0.1) is 18.2 Å². The summed E-state index contributed by atoms with van der Waals surface area (Å²) in [6, 6.07) is 15.8. The molecule has 6 heteroatoms. The standard InChI is InChI=1S/C17H16N4O2/c1-12(22)20-15-7-5-14(6-8-15)19-11-17(23)21-16-4-2-3-13(9-16)10-18/h2-9,19H,11H2,1H3,(H,20,22)(H,21,23). The van der Waals surface area contributed by atoms with Crippen molar-refractivity contribution in [3.05, 3.63) is 54.1 Å². The molecule has 3 N–H and O–H groups in total. The Morgan fingerprint density at radius 1 is 1.00 bits per heavy atom. The van der Waals surface area contributed by atoms with E-state index in [0.29, 0.717) is 16.9 Å². The molecule has 6 nitrogen and oxygen atoms in total. The van der Waals surface area contributed by atoms with Crippen LogP contribution in [0.3, 0.4) is 0 Å². The van der Waals surface area contributed by atoms with Crippen LogP contribution in [-0.2, 0) is 9.59 Å². The van der Waals surface area contributed by atoms with Crippen LogP contribution in [0.1, 0.15) is 12.5 Å². The highest BCUT2D eigenvalue weighted by molar-refractivity contribution is 5.94. The number of hydrogen-bond acceptors (Lipinski definition) is 4. The van der Waals surface area contributed by atoms with Gasteiger partial charge in [-0.2, -0.15) is 5.26 Å². The topological polar surface area (TPSA) is 94.0 Å². The van der Waals surface area contributed by atoms with Crippen LogP contribution >= 0.6 is 0 Å². The van der Waals surface area contributed by atoms with Gasteiger partial charge in [0.1, 0.15) is 0 Å². The van der Waals surface area contributed by atoms with E-state index in [9.17, 15) is 9.59 Å². The molecule has 0 atom stereocenters. The van der Waals surface area contributed by atoms with E-state index in [0.717, 1.165) is 5.69 Å². The van der Waals surface area contributed by atoms with Crippen LogP contribution in [-0.4, -0.2) is 18.4 Å². The van der Waals surface area contributed by atoms with Gasteiger partial charge in [-0.1, -0.05) is 6.07 Å². The van der Waals surface area contributed by atoms with E-state index in [1.807, 2.05) is 6.07 Å². The fourth-order valence-electron chi connectivity index (χ4n) is 1.93. The van der Waals surface area contributed by atoms with Gasteiger partial charge in [0, 0.05) is 24.0 Å². The lowest BCUT2D eigenvalue weighted by Gasteiger charge is -2.09. The summed E-state index contributed by atoms with van der Waals surface area (Å²) in [7, 11) is 0. The average molecular weight is 308 g/mol. The molecule has 0 saturated carbocycles. The van der Waals surface area contributed by atoms with E-state index in [-0.39, 0.29) is 18.4 Å². The van der Waals surface area contributed by atoms with Crippen molar-refractivity contribution in [3.63, 3.8) is 0 Å². The number of nitriles is 1. The van der Waals surface area contributed by atoms with Crippen LogP contribution in [0.15, 0.2) is 48.5 Å². The third-order valence-electron chi connectivity index (χ3n) is 2.93. The predicted molar refractivity (Wildman–Crippen MR) is 89.0 cm³/mol. The molecule has 0 unspecified atom stereocenters. The van der Waals surface area contributed by atoms with Crippen LogP contribution in [0.5, 0.6) is 0 Å². The van der Waals surface area contributed by atoms with Crippen molar-refractivity contribution in [1.29, 1.82) is 5.26 Å². The summed E-state index contributed by atoms with van der Waals surface area (Å²) in [5, 5.41) is 17.2. The van der Waals surface area contributed by atoms with Gasteiger partial charge in [-0.25, -0.2) is 0 Å². The number of hydrogen-bond donors (Lipinski definition) is 3. The molecule has 0 radical (unpaired) electrons. The minimum Gasteiger partial charge on any atom is -0.376 e. The van der Waals surface area contributed by atoms with Gasteiger partial charge in [-0.3, -0.25) is 9.59 Å². The molecule has 23 heavy (non-hydrogen) atoms. The maximum Gasteiger partial charge on any atom is 0.243 e. The molecule has 0 aromatic heterocycles. The largest absolute Gasteiger partial charge is 0.376 e. The molecule has 0 heterocycles. The normalized spacial score (nSPS) is 9.57. The summed E-state index contributed by atoms with van der Waals surface area (Å²) in [5.41, 5.74) is 2.53. The van der Waals surface area contributed by atoms with Crippen molar-refractivity contribution >= 4 is 28.9 Å². The third-order valence-corrected chi connectivity index (χ3v) is 2.93. The molecule has 2 aromatic rings. The molecular weight excluding hydrogens is 292 g/mol. The maximum atomic E-state index is 11.9. The summed E-state index contributed by atoms with van der Waals surface area (Å²) in [6.07, 6.45) is 0. The Balaban J connectivity index is 1.86. The Morgan fingerprint density at radius 3 is 2.35 bits per heavy atom. The lowest BCUT2D eigenvalue weighted by molar-refractivity contribution is -0.115. The number of carbonyl (C=O) groups is 2. The first kappa shape index (κ1) is 16.0. The maximum absolute atomic E-state index is 11.9.